The summed E-state index contributed by atoms with van der Waals surface area (Å²) >= 11 is 5.70. The number of halogens is 1. The zero-order chi connectivity index (χ0) is 10.4. The van der Waals surface area contributed by atoms with Crippen molar-refractivity contribution in [1.82, 2.24) is 4.98 Å². The summed E-state index contributed by atoms with van der Waals surface area (Å²) in [6.45, 7) is 0.963. The standard InChI is InChI=1S/C9H14ClN3O/c10-7-5-8(11)9(13-6-7)12-3-1-2-4-14/h5-6,14H,1-4,11H2,(H,12,13). The molecule has 14 heavy (non-hydrogen) atoms. The lowest BCUT2D eigenvalue weighted by atomic mass is 10.3. The van der Waals surface area contributed by atoms with Gasteiger partial charge in [0.1, 0.15) is 5.82 Å². The number of unbranched alkanes of at least 4 members (excludes halogenated alkanes) is 1. The number of nitrogens with zero attached hydrogens (tertiary/aromatic N) is 1. The van der Waals surface area contributed by atoms with Crippen LogP contribution in [0.4, 0.5) is 11.5 Å². The maximum atomic E-state index is 8.57. The molecule has 0 aromatic carbocycles. The van der Waals surface area contributed by atoms with Gasteiger partial charge in [0, 0.05) is 19.3 Å². The Bertz CT molecular complexity index is 293. The molecular weight excluding hydrogens is 202 g/mol. The molecule has 1 heterocycles. The van der Waals surface area contributed by atoms with Crippen molar-refractivity contribution in [2.24, 2.45) is 0 Å². The lowest BCUT2D eigenvalue weighted by molar-refractivity contribution is 0.286. The van der Waals surface area contributed by atoms with Crippen LogP contribution >= 0.6 is 11.6 Å². The van der Waals surface area contributed by atoms with Gasteiger partial charge in [0.2, 0.25) is 0 Å². The van der Waals surface area contributed by atoms with E-state index in [1.54, 1.807) is 12.3 Å². The second-order valence-corrected chi connectivity index (χ2v) is 3.39. The van der Waals surface area contributed by atoms with Crippen molar-refractivity contribution in [1.29, 1.82) is 0 Å². The van der Waals surface area contributed by atoms with Crippen molar-refractivity contribution in [3.8, 4) is 0 Å². The largest absolute Gasteiger partial charge is 0.396 e. The van der Waals surface area contributed by atoms with Crippen LogP contribution in [-0.2, 0) is 0 Å². The molecule has 0 aliphatic carbocycles. The van der Waals surface area contributed by atoms with E-state index in [1.807, 2.05) is 0 Å². The van der Waals surface area contributed by atoms with Crippen LogP contribution in [0.2, 0.25) is 5.02 Å². The van der Waals surface area contributed by atoms with E-state index in [0.29, 0.717) is 16.5 Å². The molecule has 0 saturated heterocycles. The summed E-state index contributed by atoms with van der Waals surface area (Å²) in [5.41, 5.74) is 6.22. The highest BCUT2D eigenvalue weighted by molar-refractivity contribution is 6.30. The molecule has 78 valence electrons. The van der Waals surface area contributed by atoms with Crippen molar-refractivity contribution < 1.29 is 5.11 Å². The SMILES string of the molecule is Nc1cc(Cl)cnc1NCCCCO. The van der Waals surface area contributed by atoms with Crippen LogP contribution in [0.25, 0.3) is 0 Å². The van der Waals surface area contributed by atoms with Gasteiger partial charge in [-0.05, 0) is 18.9 Å². The second-order valence-electron chi connectivity index (χ2n) is 2.95. The normalized spacial score (nSPS) is 10.1. The molecule has 0 fully saturated rings. The molecular formula is C9H14ClN3O. The molecule has 4 N–H and O–H groups in total. The number of aromatic nitrogens is 1. The Kier molecular flexibility index (Phi) is 4.49. The third-order valence-corrected chi connectivity index (χ3v) is 1.97. The predicted molar refractivity (Wildman–Crippen MR) is 58.5 cm³/mol. The van der Waals surface area contributed by atoms with Gasteiger partial charge in [-0.15, -0.1) is 0 Å². The zero-order valence-corrected chi connectivity index (χ0v) is 8.59. The summed E-state index contributed by atoms with van der Waals surface area (Å²) in [4.78, 5) is 4.04. The van der Waals surface area contributed by atoms with Crippen LogP contribution in [0, 0.1) is 0 Å². The number of hydrogen-bond acceptors (Lipinski definition) is 4. The lowest BCUT2D eigenvalue weighted by Gasteiger charge is -2.07. The highest BCUT2D eigenvalue weighted by Crippen LogP contribution is 2.19. The van der Waals surface area contributed by atoms with Crippen molar-refractivity contribution in [3.05, 3.63) is 17.3 Å². The van der Waals surface area contributed by atoms with Crippen molar-refractivity contribution in [3.63, 3.8) is 0 Å². The maximum absolute atomic E-state index is 8.57. The summed E-state index contributed by atoms with van der Waals surface area (Å²) in [7, 11) is 0. The van der Waals surface area contributed by atoms with E-state index in [2.05, 4.69) is 10.3 Å². The first-order valence-corrected chi connectivity index (χ1v) is 4.87. The first-order chi connectivity index (χ1) is 6.74. The molecule has 1 aromatic heterocycles. The molecule has 0 unspecified atom stereocenters. The van der Waals surface area contributed by atoms with E-state index in [0.717, 1.165) is 19.4 Å². The first kappa shape index (κ1) is 11.1. The molecule has 0 amide bonds. The molecule has 1 aromatic rings. The number of nitrogens with one attached hydrogen (secondary N) is 1. The number of nitrogens with two attached hydrogens (primary N) is 1. The van der Waals surface area contributed by atoms with Gasteiger partial charge in [0.25, 0.3) is 0 Å². The van der Waals surface area contributed by atoms with Crippen LogP contribution in [-0.4, -0.2) is 23.2 Å². The van der Waals surface area contributed by atoms with Gasteiger partial charge in [-0.1, -0.05) is 11.6 Å². The average molecular weight is 216 g/mol. The number of hydrogen-bond donors (Lipinski definition) is 3. The second kappa shape index (κ2) is 5.67. The van der Waals surface area contributed by atoms with Gasteiger partial charge < -0.3 is 16.2 Å². The third kappa shape index (κ3) is 3.40. The van der Waals surface area contributed by atoms with E-state index in [-0.39, 0.29) is 6.61 Å². The van der Waals surface area contributed by atoms with Gasteiger partial charge in [-0.3, -0.25) is 0 Å². The quantitative estimate of drug-likeness (QED) is 0.651. The molecule has 0 radical (unpaired) electrons. The van der Waals surface area contributed by atoms with E-state index >= 15 is 0 Å². The van der Waals surface area contributed by atoms with E-state index < -0.39 is 0 Å². The van der Waals surface area contributed by atoms with E-state index in [1.165, 1.54) is 0 Å². The van der Waals surface area contributed by atoms with Crippen molar-refractivity contribution in [2.75, 3.05) is 24.2 Å². The van der Waals surface area contributed by atoms with Gasteiger partial charge in [-0.2, -0.15) is 0 Å². The summed E-state index contributed by atoms with van der Waals surface area (Å²) in [5, 5.41) is 12.2. The average Bonchev–Trinajstić information content (AvgIpc) is 2.15. The molecule has 5 heteroatoms. The molecule has 0 spiro atoms. The van der Waals surface area contributed by atoms with E-state index in [9.17, 15) is 0 Å². The number of anilines is 2. The number of pyridine rings is 1. The summed E-state index contributed by atoms with van der Waals surface area (Å²) in [5.74, 6) is 0.646. The van der Waals surface area contributed by atoms with Crippen LogP contribution in [0.5, 0.6) is 0 Å². The minimum absolute atomic E-state index is 0.214. The number of rotatable bonds is 5. The fraction of sp³-hybridized carbons (Fsp3) is 0.444. The van der Waals surface area contributed by atoms with Crippen LogP contribution in [0.3, 0.4) is 0 Å². The predicted octanol–water partition coefficient (Wildman–Crippen LogP) is 1.50. The Balaban J connectivity index is 2.42. The smallest absolute Gasteiger partial charge is 0.149 e. The molecule has 0 atom stereocenters. The van der Waals surface area contributed by atoms with Gasteiger partial charge >= 0.3 is 0 Å². The molecule has 0 saturated carbocycles. The lowest BCUT2D eigenvalue weighted by Crippen LogP contribution is -2.06. The van der Waals surface area contributed by atoms with E-state index in [4.69, 9.17) is 22.4 Å². The van der Waals surface area contributed by atoms with Gasteiger partial charge in [-0.25, -0.2) is 4.98 Å². The fourth-order valence-electron chi connectivity index (χ4n) is 1.05. The molecule has 0 bridgehead atoms. The third-order valence-electron chi connectivity index (χ3n) is 1.76. The van der Waals surface area contributed by atoms with Crippen molar-refractivity contribution >= 4 is 23.1 Å². The highest BCUT2D eigenvalue weighted by Gasteiger charge is 1.99. The fourth-order valence-corrected chi connectivity index (χ4v) is 1.21. The number of nitrogen functional groups attached to an aromatic ring is 1. The number of aliphatic hydroxyl groups is 1. The summed E-state index contributed by atoms with van der Waals surface area (Å²) in [6.07, 6.45) is 3.22. The molecule has 4 nitrogen and oxygen atoms in total. The van der Waals surface area contributed by atoms with Crippen LogP contribution in [0.1, 0.15) is 12.8 Å². The Morgan fingerprint density at radius 1 is 1.50 bits per heavy atom. The Hall–Kier alpha value is -1.00. The maximum Gasteiger partial charge on any atom is 0.149 e. The first-order valence-electron chi connectivity index (χ1n) is 4.50. The topological polar surface area (TPSA) is 71.2 Å². The Morgan fingerprint density at radius 3 is 2.93 bits per heavy atom. The summed E-state index contributed by atoms with van der Waals surface area (Å²) in [6, 6.07) is 1.66. The monoisotopic (exact) mass is 215 g/mol. The molecule has 0 aliphatic heterocycles. The van der Waals surface area contributed by atoms with Crippen LogP contribution < -0.4 is 11.1 Å². The summed E-state index contributed by atoms with van der Waals surface area (Å²) < 4.78 is 0. The Morgan fingerprint density at radius 2 is 2.29 bits per heavy atom. The van der Waals surface area contributed by atoms with Crippen LogP contribution in [0.15, 0.2) is 12.3 Å². The highest BCUT2D eigenvalue weighted by atomic mass is 35.5. The number of aliphatic hydroxyl groups excluding tert-OH is 1. The molecule has 0 aliphatic rings. The van der Waals surface area contributed by atoms with Crippen molar-refractivity contribution in [2.45, 2.75) is 12.8 Å². The molecule has 1 rings (SSSR count). The van der Waals surface area contributed by atoms with Gasteiger partial charge in [0.15, 0.2) is 0 Å². The van der Waals surface area contributed by atoms with Gasteiger partial charge in [0.05, 0.1) is 10.7 Å². The Labute approximate surface area is 88.1 Å². The zero-order valence-electron chi connectivity index (χ0n) is 7.83. The minimum Gasteiger partial charge on any atom is -0.396 e. The minimum atomic E-state index is 0.214.